The summed E-state index contributed by atoms with van der Waals surface area (Å²) < 4.78 is 18.6. The third kappa shape index (κ3) is 6.45. The lowest BCUT2D eigenvalue weighted by Gasteiger charge is -2.59. The minimum atomic E-state index is -0.741. The number of carbonyl (C=O) groups is 1. The summed E-state index contributed by atoms with van der Waals surface area (Å²) in [5, 5.41) is 0. The van der Waals surface area contributed by atoms with Crippen molar-refractivity contribution in [1.29, 1.82) is 0 Å². The SMILES string of the molecule is CC1C(CCCOC(=O)CCCc2ccc(N(CCCl)CCCl)cc2)OC2OC3(C)CCC4CCCC1C42OO3. The van der Waals surface area contributed by atoms with Gasteiger partial charge in [-0.15, -0.1) is 23.2 Å². The highest BCUT2D eigenvalue weighted by atomic mass is 35.5. The van der Waals surface area contributed by atoms with Gasteiger partial charge in [-0.1, -0.05) is 25.5 Å². The lowest BCUT2D eigenvalue weighted by Crippen LogP contribution is -2.69. The van der Waals surface area contributed by atoms with Crippen molar-refractivity contribution >= 4 is 34.9 Å². The van der Waals surface area contributed by atoms with Gasteiger partial charge in [0.25, 0.3) is 0 Å². The Morgan fingerprint density at radius 3 is 2.60 bits per heavy atom. The average Bonchev–Trinajstić information content (AvgIpc) is 3.18. The first kappa shape index (κ1) is 30.4. The first-order chi connectivity index (χ1) is 19.4. The molecule has 40 heavy (non-hydrogen) atoms. The van der Waals surface area contributed by atoms with Crippen molar-refractivity contribution in [3.8, 4) is 0 Å². The quantitative estimate of drug-likeness (QED) is 0.109. The van der Waals surface area contributed by atoms with Crippen LogP contribution in [0.5, 0.6) is 0 Å². The van der Waals surface area contributed by atoms with Gasteiger partial charge in [0.2, 0.25) is 5.79 Å². The molecule has 0 amide bonds. The van der Waals surface area contributed by atoms with E-state index >= 15 is 0 Å². The molecule has 5 aliphatic rings. The molecule has 0 N–H and O–H groups in total. The molecule has 7 atom stereocenters. The van der Waals surface area contributed by atoms with Gasteiger partial charge in [0, 0.05) is 49.3 Å². The summed E-state index contributed by atoms with van der Waals surface area (Å²) in [5.74, 6) is 1.33. The number of rotatable bonds is 13. The van der Waals surface area contributed by atoms with Crippen molar-refractivity contribution in [2.24, 2.45) is 17.8 Å². The number of hydrogen-bond acceptors (Lipinski definition) is 7. The molecule has 1 aromatic rings. The van der Waals surface area contributed by atoms with Gasteiger partial charge in [0.1, 0.15) is 0 Å². The van der Waals surface area contributed by atoms with Crippen LogP contribution in [0.1, 0.15) is 77.2 Å². The maximum Gasteiger partial charge on any atom is 0.305 e. The number of anilines is 1. The zero-order chi connectivity index (χ0) is 28.2. The maximum absolute atomic E-state index is 12.4. The van der Waals surface area contributed by atoms with Crippen molar-refractivity contribution in [2.45, 2.75) is 102 Å². The molecule has 1 aromatic carbocycles. The standard InChI is InChI=1S/C31H45Cl2NO6/c1-22-26-8-4-7-24-15-16-30(2)38-29(31(24,26)40-39-30)37-27(22)9-5-21-36-28(35)10-3-6-23-11-13-25(14-12-23)34(19-17-32)20-18-33/h11-14,22,24,26-27,29H,3-10,15-21H2,1-2H3. The van der Waals surface area contributed by atoms with Crippen LogP contribution in [0, 0.1) is 17.8 Å². The summed E-state index contributed by atoms with van der Waals surface area (Å²) in [6, 6.07) is 8.42. The number of carbonyl (C=O) groups excluding carboxylic acids is 1. The van der Waals surface area contributed by atoms with E-state index in [9.17, 15) is 4.79 Å². The van der Waals surface area contributed by atoms with Crippen LogP contribution in [0.4, 0.5) is 5.69 Å². The topological polar surface area (TPSA) is 66.5 Å². The number of fused-ring (bicyclic) bond motifs is 2. The Hall–Kier alpha value is -1.09. The highest BCUT2D eigenvalue weighted by Crippen LogP contribution is 2.59. The number of benzene rings is 1. The third-order valence-electron chi connectivity index (χ3n) is 9.59. The van der Waals surface area contributed by atoms with Crippen molar-refractivity contribution in [2.75, 3.05) is 36.4 Å². The predicted molar refractivity (Wildman–Crippen MR) is 156 cm³/mol. The Morgan fingerprint density at radius 1 is 1.07 bits per heavy atom. The van der Waals surface area contributed by atoms with Gasteiger partial charge in [-0.05, 0) is 81.4 Å². The van der Waals surface area contributed by atoms with E-state index in [2.05, 4.69) is 36.1 Å². The van der Waals surface area contributed by atoms with E-state index in [1.54, 1.807) is 0 Å². The summed E-state index contributed by atoms with van der Waals surface area (Å²) >= 11 is 11.8. The Balaban J connectivity index is 1.04. The number of aryl methyl sites for hydroxylation is 1. The van der Waals surface area contributed by atoms with Crippen LogP contribution in [-0.4, -0.2) is 61.2 Å². The van der Waals surface area contributed by atoms with Crippen molar-refractivity contribution in [3.05, 3.63) is 29.8 Å². The van der Waals surface area contributed by atoms with E-state index in [-0.39, 0.29) is 12.1 Å². The van der Waals surface area contributed by atoms with Crippen molar-refractivity contribution in [3.63, 3.8) is 0 Å². The van der Waals surface area contributed by atoms with Gasteiger partial charge in [0.15, 0.2) is 11.9 Å². The monoisotopic (exact) mass is 597 g/mol. The lowest BCUT2D eigenvalue weighted by atomic mass is 9.60. The number of nitrogens with zero attached hydrogens (tertiary/aromatic N) is 1. The second kappa shape index (κ2) is 13.5. The number of ether oxygens (including phenoxy) is 3. The van der Waals surface area contributed by atoms with E-state index in [0.717, 1.165) is 70.1 Å². The molecule has 1 spiro atoms. The molecule has 1 saturated carbocycles. The highest BCUT2D eigenvalue weighted by Gasteiger charge is 2.67. The second-order valence-electron chi connectivity index (χ2n) is 12.2. The highest BCUT2D eigenvalue weighted by molar-refractivity contribution is 6.18. The number of esters is 1. The van der Waals surface area contributed by atoms with Gasteiger partial charge >= 0.3 is 5.97 Å². The molecule has 4 saturated heterocycles. The first-order valence-corrected chi connectivity index (χ1v) is 16.3. The molecular weight excluding hydrogens is 553 g/mol. The van der Waals surface area contributed by atoms with Gasteiger partial charge in [-0.2, -0.15) is 0 Å². The molecule has 7 nitrogen and oxygen atoms in total. The molecule has 0 aromatic heterocycles. The van der Waals surface area contributed by atoms with Crippen LogP contribution in [-0.2, 0) is 35.2 Å². The number of halogens is 2. The number of hydrogen-bond donors (Lipinski definition) is 0. The van der Waals surface area contributed by atoms with E-state index in [0.29, 0.717) is 42.5 Å². The zero-order valence-corrected chi connectivity index (χ0v) is 25.5. The predicted octanol–water partition coefficient (Wildman–Crippen LogP) is 6.62. The molecule has 0 radical (unpaired) electrons. The van der Waals surface area contributed by atoms with Crippen LogP contribution in [0.25, 0.3) is 0 Å². The Kier molecular flexibility index (Phi) is 10.2. The number of alkyl halides is 2. The van der Waals surface area contributed by atoms with Crippen molar-refractivity contribution < 1.29 is 28.8 Å². The van der Waals surface area contributed by atoms with Crippen LogP contribution < -0.4 is 4.90 Å². The summed E-state index contributed by atoms with van der Waals surface area (Å²) in [6.45, 7) is 6.18. The molecule has 6 rings (SSSR count). The third-order valence-corrected chi connectivity index (χ3v) is 9.93. The normalized spacial score (nSPS) is 34.6. The molecule has 4 heterocycles. The Bertz CT molecular complexity index is 975. The summed E-state index contributed by atoms with van der Waals surface area (Å²) in [6.07, 6.45) is 8.61. The molecule has 9 heteroatoms. The largest absolute Gasteiger partial charge is 0.466 e. The smallest absolute Gasteiger partial charge is 0.305 e. The fraction of sp³-hybridized carbons (Fsp3) is 0.774. The second-order valence-corrected chi connectivity index (χ2v) is 12.9. The fourth-order valence-corrected chi connectivity index (χ4v) is 7.80. The molecule has 5 fully saturated rings. The van der Waals surface area contributed by atoms with Crippen LogP contribution in [0.3, 0.4) is 0 Å². The minimum Gasteiger partial charge on any atom is -0.466 e. The summed E-state index contributed by atoms with van der Waals surface area (Å²) in [5.41, 5.74) is 1.83. The van der Waals surface area contributed by atoms with Gasteiger partial charge in [-0.3, -0.25) is 4.79 Å². The maximum atomic E-state index is 12.4. The Morgan fingerprint density at radius 2 is 1.85 bits per heavy atom. The van der Waals surface area contributed by atoms with Gasteiger partial charge < -0.3 is 19.1 Å². The van der Waals surface area contributed by atoms with Gasteiger partial charge in [-0.25, -0.2) is 9.78 Å². The lowest BCUT2D eigenvalue weighted by molar-refractivity contribution is -0.569. The fourth-order valence-electron chi connectivity index (χ4n) is 7.39. The summed E-state index contributed by atoms with van der Waals surface area (Å²) in [4.78, 5) is 26.6. The molecule has 224 valence electrons. The van der Waals surface area contributed by atoms with E-state index in [1.165, 1.54) is 12.0 Å². The average molecular weight is 599 g/mol. The molecule has 7 unspecified atom stereocenters. The van der Waals surface area contributed by atoms with Crippen LogP contribution >= 0.6 is 23.2 Å². The van der Waals surface area contributed by atoms with Crippen molar-refractivity contribution in [1.82, 2.24) is 0 Å². The Labute approximate surface area is 249 Å². The van der Waals surface area contributed by atoms with Crippen LogP contribution in [0.2, 0.25) is 0 Å². The summed E-state index contributed by atoms with van der Waals surface area (Å²) in [7, 11) is 0. The van der Waals surface area contributed by atoms with E-state index in [1.807, 2.05) is 6.92 Å². The first-order valence-electron chi connectivity index (χ1n) is 15.2. The molecular formula is C31H45Cl2NO6. The van der Waals surface area contributed by atoms with E-state index in [4.69, 9.17) is 47.2 Å². The van der Waals surface area contributed by atoms with Crippen LogP contribution in [0.15, 0.2) is 24.3 Å². The van der Waals surface area contributed by atoms with Gasteiger partial charge in [0.05, 0.1) is 12.7 Å². The molecule has 4 aliphatic heterocycles. The van der Waals surface area contributed by atoms with E-state index < -0.39 is 17.7 Å². The molecule has 1 aliphatic carbocycles. The minimum absolute atomic E-state index is 0.0531. The molecule has 2 bridgehead atoms. The zero-order valence-electron chi connectivity index (χ0n) is 24.0.